The van der Waals surface area contributed by atoms with Crippen molar-refractivity contribution in [3.05, 3.63) is 146 Å². The van der Waals surface area contributed by atoms with E-state index in [1.54, 1.807) is 6.07 Å². The first-order chi connectivity index (χ1) is 19.4. The summed E-state index contributed by atoms with van der Waals surface area (Å²) < 4.78 is 4.10. The van der Waals surface area contributed by atoms with Gasteiger partial charge in [0.1, 0.15) is 0 Å². The Bertz CT molecular complexity index is 1570. The Labute approximate surface area is 273 Å². The quantitative estimate of drug-likeness (QED) is 0.138. The van der Waals surface area contributed by atoms with Crippen LogP contribution in [0.25, 0.3) is 31.3 Å². The van der Waals surface area contributed by atoms with Gasteiger partial charge in [0.05, 0.1) is 0 Å². The van der Waals surface area contributed by atoms with Crippen LogP contribution < -0.4 is 4.78 Å². The molecule has 0 atom stereocenters. The van der Waals surface area contributed by atoms with Gasteiger partial charge in [0.2, 0.25) is 0 Å². The highest BCUT2D eigenvalue weighted by Crippen LogP contribution is 2.34. The standard InChI is InChI=1S/C16H11BrS.C10H9BO2S.C6H4BrI/c17-14-8-6-13(7-9-14)16-11-10-15(18-16)12-4-2-1-3-5-12;12-11(13)10-7-6-9(14-10)8-4-2-1-3-5-8;7-5-1-3-6(8)4-2-5/h1-11H;1-7,12-13H;1-4H. The topological polar surface area (TPSA) is 40.5 Å². The van der Waals surface area contributed by atoms with Crippen molar-refractivity contribution < 1.29 is 10.0 Å². The van der Waals surface area contributed by atoms with Crippen LogP contribution in [0.15, 0.2) is 142 Å². The fourth-order valence-corrected chi connectivity index (χ4v) is 6.33. The SMILES string of the molecule is Brc1ccc(-c2ccc(-c3ccccc3)s2)cc1.Brc1ccc(I)cc1.OB(O)c1ccc(-c2ccccc2)s1. The molecule has 0 fully saturated rings. The lowest BCUT2D eigenvalue weighted by Gasteiger charge is -1.98. The van der Waals surface area contributed by atoms with Gasteiger partial charge in [-0.15, -0.1) is 22.7 Å². The molecule has 8 heteroatoms. The zero-order valence-electron chi connectivity index (χ0n) is 21.1. The van der Waals surface area contributed by atoms with E-state index in [1.807, 2.05) is 65.9 Å². The summed E-state index contributed by atoms with van der Waals surface area (Å²) in [6, 6.07) is 45.0. The molecular formula is C32H24BBr2IO2S2. The zero-order valence-corrected chi connectivity index (χ0v) is 28.1. The van der Waals surface area contributed by atoms with Crippen LogP contribution in [0, 0.1) is 3.57 Å². The van der Waals surface area contributed by atoms with E-state index < -0.39 is 7.12 Å². The molecule has 0 unspecified atom stereocenters. The first kappa shape index (κ1) is 30.9. The Morgan fingerprint density at radius 1 is 0.475 bits per heavy atom. The van der Waals surface area contributed by atoms with Crippen LogP contribution in [0.1, 0.15) is 0 Å². The Kier molecular flexibility index (Phi) is 12.2. The maximum atomic E-state index is 8.95. The number of halogens is 3. The molecule has 2 nitrogen and oxygen atoms in total. The molecule has 0 bridgehead atoms. The van der Waals surface area contributed by atoms with E-state index in [-0.39, 0.29) is 0 Å². The lowest BCUT2D eigenvalue weighted by Crippen LogP contribution is -2.26. The van der Waals surface area contributed by atoms with Crippen LogP contribution >= 0.6 is 77.1 Å². The molecule has 0 spiro atoms. The molecule has 0 aliphatic heterocycles. The van der Waals surface area contributed by atoms with Gasteiger partial charge in [-0.05, 0) is 93.9 Å². The van der Waals surface area contributed by atoms with Crippen LogP contribution in [-0.2, 0) is 0 Å². The predicted octanol–water partition coefficient (Wildman–Crippen LogP) is 9.99. The van der Waals surface area contributed by atoms with Crippen molar-refractivity contribution in [2.24, 2.45) is 0 Å². The molecular weight excluding hydrogens is 778 g/mol. The van der Waals surface area contributed by atoms with E-state index >= 15 is 0 Å². The molecule has 200 valence electrons. The number of rotatable bonds is 4. The first-order valence-corrected chi connectivity index (χ1v) is 16.5. The largest absolute Gasteiger partial charge is 0.499 e. The van der Waals surface area contributed by atoms with Crippen LogP contribution in [0.2, 0.25) is 0 Å². The van der Waals surface area contributed by atoms with Gasteiger partial charge in [-0.25, -0.2) is 0 Å². The summed E-state index contributed by atoms with van der Waals surface area (Å²) in [6.07, 6.45) is 0. The highest BCUT2D eigenvalue weighted by Gasteiger charge is 2.13. The molecule has 0 aliphatic carbocycles. The van der Waals surface area contributed by atoms with Crippen molar-refractivity contribution in [2.75, 3.05) is 0 Å². The molecule has 0 aliphatic rings. The Hall–Kier alpha value is -2.05. The molecule has 6 rings (SSSR count). The Balaban J connectivity index is 0.000000149. The van der Waals surface area contributed by atoms with Gasteiger partial charge in [-0.3, -0.25) is 0 Å². The third-order valence-corrected chi connectivity index (χ3v) is 9.67. The second-order valence-electron chi connectivity index (χ2n) is 8.41. The minimum Gasteiger partial charge on any atom is -0.423 e. The zero-order chi connectivity index (χ0) is 28.3. The van der Waals surface area contributed by atoms with Gasteiger partial charge in [0.15, 0.2) is 0 Å². The van der Waals surface area contributed by atoms with Gasteiger partial charge in [-0.2, -0.15) is 0 Å². The van der Waals surface area contributed by atoms with E-state index in [0.29, 0.717) is 4.78 Å². The highest BCUT2D eigenvalue weighted by molar-refractivity contribution is 14.1. The average Bonchev–Trinajstić information content (AvgIpc) is 3.68. The van der Waals surface area contributed by atoms with E-state index in [9.17, 15) is 0 Å². The molecule has 0 saturated heterocycles. The lowest BCUT2D eigenvalue weighted by atomic mass is 9.90. The summed E-state index contributed by atoms with van der Waals surface area (Å²) >= 11 is 12.3. The average molecular weight is 802 g/mol. The van der Waals surface area contributed by atoms with Crippen molar-refractivity contribution in [2.45, 2.75) is 0 Å². The summed E-state index contributed by atoms with van der Waals surface area (Å²) in [5.74, 6) is 0. The van der Waals surface area contributed by atoms with Crippen molar-refractivity contribution in [3.63, 3.8) is 0 Å². The van der Waals surface area contributed by atoms with Crippen LogP contribution in [0.5, 0.6) is 0 Å². The summed E-state index contributed by atoms with van der Waals surface area (Å²) in [5, 5.41) is 17.9. The third kappa shape index (κ3) is 9.51. The van der Waals surface area contributed by atoms with Crippen molar-refractivity contribution in [1.82, 2.24) is 0 Å². The van der Waals surface area contributed by atoms with Gasteiger partial charge in [0.25, 0.3) is 0 Å². The second kappa shape index (κ2) is 15.8. The smallest absolute Gasteiger partial charge is 0.423 e. The number of hydrogen-bond acceptors (Lipinski definition) is 4. The molecule has 2 aromatic heterocycles. The number of benzene rings is 4. The lowest BCUT2D eigenvalue weighted by molar-refractivity contribution is 0.427. The Morgan fingerprint density at radius 2 is 0.875 bits per heavy atom. The van der Waals surface area contributed by atoms with Gasteiger partial charge in [-0.1, -0.05) is 111 Å². The third-order valence-electron chi connectivity index (χ3n) is 5.54. The summed E-state index contributed by atoms with van der Waals surface area (Å²) in [7, 11) is -1.36. The monoisotopic (exact) mass is 800 g/mol. The second-order valence-corrected chi connectivity index (χ2v) is 13.7. The van der Waals surface area contributed by atoms with E-state index in [1.165, 1.54) is 35.8 Å². The van der Waals surface area contributed by atoms with Gasteiger partial charge < -0.3 is 10.0 Å². The minimum atomic E-state index is -1.36. The highest BCUT2D eigenvalue weighted by atomic mass is 127. The summed E-state index contributed by atoms with van der Waals surface area (Å²) in [4.78, 5) is 3.67. The van der Waals surface area contributed by atoms with Crippen LogP contribution in [-0.4, -0.2) is 17.2 Å². The van der Waals surface area contributed by atoms with Crippen molar-refractivity contribution in [3.8, 4) is 31.3 Å². The summed E-state index contributed by atoms with van der Waals surface area (Å²) in [5.41, 5.74) is 3.65. The van der Waals surface area contributed by atoms with Gasteiger partial charge in [0, 0.05) is 31.9 Å². The molecule has 2 N–H and O–H groups in total. The molecule has 0 radical (unpaired) electrons. The predicted molar refractivity (Wildman–Crippen MR) is 189 cm³/mol. The molecule has 40 heavy (non-hydrogen) atoms. The minimum absolute atomic E-state index is 0.573. The molecule has 0 amide bonds. The Morgan fingerprint density at radius 3 is 1.30 bits per heavy atom. The molecule has 6 aromatic rings. The fraction of sp³-hybridized carbons (Fsp3) is 0. The van der Waals surface area contributed by atoms with E-state index in [0.717, 1.165) is 19.4 Å². The molecule has 0 saturated carbocycles. The van der Waals surface area contributed by atoms with Crippen molar-refractivity contribution >= 4 is 89.0 Å². The molecule has 2 heterocycles. The normalized spacial score (nSPS) is 10.1. The maximum Gasteiger partial charge on any atom is 0.499 e. The van der Waals surface area contributed by atoms with E-state index in [4.69, 9.17) is 10.0 Å². The van der Waals surface area contributed by atoms with E-state index in [2.05, 4.69) is 127 Å². The first-order valence-electron chi connectivity index (χ1n) is 12.2. The van der Waals surface area contributed by atoms with Crippen LogP contribution in [0.4, 0.5) is 0 Å². The number of thiophene rings is 2. The molecule has 4 aromatic carbocycles. The maximum absolute atomic E-state index is 8.95. The fourth-order valence-electron chi connectivity index (χ4n) is 3.54. The van der Waals surface area contributed by atoms with Crippen LogP contribution in [0.3, 0.4) is 0 Å². The van der Waals surface area contributed by atoms with Gasteiger partial charge >= 0.3 is 7.12 Å². The summed E-state index contributed by atoms with van der Waals surface area (Å²) in [6.45, 7) is 0. The number of hydrogen-bond donors (Lipinski definition) is 2. The van der Waals surface area contributed by atoms with Crippen molar-refractivity contribution in [1.29, 1.82) is 0 Å².